The van der Waals surface area contributed by atoms with Crippen LogP contribution in [0.2, 0.25) is 0 Å². The van der Waals surface area contributed by atoms with Gasteiger partial charge in [-0.2, -0.15) is 5.10 Å². The lowest BCUT2D eigenvalue weighted by atomic mass is 9.90. The Hall–Kier alpha value is -1.66. The molecule has 5 nitrogen and oxygen atoms in total. The zero-order chi connectivity index (χ0) is 15.7. The van der Waals surface area contributed by atoms with Crippen LogP contribution in [0, 0.1) is 12.8 Å². The maximum Gasteiger partial charge on any atom is 0.229 e. The van der Waals surface area contributed by atoms with Gasteiger partial charge in [0.25, 0.3) is 0 Å². The number of aryl methyl sites for hydroxylation is 2. The molecular formula is C16H19BrN4O. The molecule has 1 aliphatic rings. The smallest absolute Gasteiger partial charge is 0.229 e. The van der Waals surface area contributed by atoms with Crippen molar-refractivity contribution in [2.45, 2.75) is 12.8 Å². The van der Waals surface area contributed by atoms with Gasteiger partial charge < -0.3 is 10.6 Å². The monoisotopic (exact) mass is 362 g/mol. The Kier molecular flexibility index (Phi) is 4.31. The van der Waals surface area contributed by atoms with E-state index in [0.29, 0.717) is 6.54 Å². The highest BCUT2D eigenvalue weighted by Crippen LogP contribution is 2.29. The van der Waals surface area contributed by atoms with Crippen LogP contribution in [0.4, 0.5) is 5.69 Å². The number of nitrogens with one attached hydrogen (secondary N) is 2. The van der Waals surface area contributed by atoms with E-state index in [1.54, 1.807) is 4.68 Å². The van der Waals surface area contributed by atoms with Gasteiger partial charge in [0.15, 0.2) is 0 Å². The number of hydrogen-bond acceptors (Lipinski definition) is 3. The minimum Gasteiger partial charge on any atom is -0.326 e. The molecule has 0 radical (unpaired) electrons. The van der Waals surface area contributed by atoms with Crippen LogP contribution < -0.4 is 10.6 Å². The standard InChI is InChI=1S/C16H19BrN4O/c1-10-3-4-12(5-15(10)17)20-16(22)14-8-18-7-13(14)11-6-19-21(2)9-11/h3-6,9,13-14,18H,7-8H2,1-2H3,(H,20,22)/t13-,14+/m1/s1. The fourth-order valence-corrected chi connectivity index (χ4v) is 3.22. The molecule has 0 unspecified atom stereocenters. The van der Waals surface area contributed by atoms with Gasteiger partial charge >= 0.3 is 0 Å². The predicted octanol–water partition coefficient (Wildman–Crippen LogP) is 2.43. The highest BCUT2D eigenvalue weighted by atomic mass is 79.9. The molecular weight excluding hydrogens is 344 g/mol. The zero-order valence-corrected chi connectivity index (χ0v) is 14.2. The van der Waals surface area contributed by atoms with Gasteiger partial charge in [-0.05, 0) is 30.2 Å². The maximum atomic E-state index is 12.6. The van der Waals surface area contributed by atoms with E-state index in [0.717, 1.165) is 27.8 Å². The Balaban J connectivity index is 1.74. The summed E-state index contributed by atoms with van der Waals surface area (Å²) in [6.07, 6.45) is 3.83. The summed E-state index contributed by atoms with van der Waals surface area (Å²) in [7, 11) is 1.89. The van der Waals surface area contributed by atoms with Crippen LogP contribution in [-0.2, 0) is 11.8 Å². The van der Waals surface area contributed by atoms with Gasteiger partial charge in [-0.15, -0.1) is 0 Å². The quantitative estimate of drug-likeness (QED) is 0.881. The van der Waals surface area contributed by atoms with E-state index in [1.807, 2.05) is 44.6 Å². The number of aromatic nitrogens is 2. The highest BCUT2D eigenvalue weighted by molar-refractivity contribution is 9.10. The number of amides is 1. The Morgan fingerprint density at radius 2 is 2.27 bits per heavy atom. The van der Waals surface area contributed by atoms with Crippen molar-refractivity contribution in [1.82, 2.24) is 15.1 Å². The first kappa shape index (κ1) is 15.2. The molecule has 6 heteroatoms. The van der Waals surface area contributed by atoms with Gasteiger partial charge in [0, 0.05) is 42.4 Å². The second-order valence-corrected chi connectivity index (χ2v) is 6.63. The maximum absolute atomic E-state index is 12.6. The molecule has 2 aromatic rings. The Bertz CT molecular complexity index is 697. The van der Waals surface area contributed by atoms with Crippen molar-refractivity contribution in [2.24, 2.45) is 13.0 Å². The number of benzene rings is 1. The van der Waals surface area contributed by atoms with Crippen LogP contribution in [0.25, 0.3) is 0 Å². The normalized spacial score (nSPS) is 21.0. The SMILES string of the molecule is Cc1ccc(NC(=O)[C@H]2CNC[C@@H]2c2cnn(C)c2)cc1Br. The van der Waals surface area contributed by atoms with Crippen molar-refractivity contribution in [2.75, 3.05) is 18.4 Å². The van der Waals surface area contributed by atoms with Crippen molar-refractivity contribution in [1.29, 1.82) is 0 Å². The van der Waals surface area contributed by atoms with Gasteiger partial charge in [0.2, 0.25) is 5.91 Å². The summed E-state index contributed by atoms with van der Waals surface area (Å²) in [6.45, 7) is 3.52. The van der Waals surface area contributed by atoms with Crippen molar-refractivity contribution >= 4 is 27.5 Å². The van der Waals surface area contributed by atoms with E-state index in [1.165, 1.54) is 0 Å². The van der Waals surface area contributed by atoms with Crippen LogP contribution in [0.5, 0.6) is 0 Å². The molecule has 2 N–H and O–H groups in total. The summed E-state index contributed by atoms with van der Waals surface area (Å²) in [5, 5.41) is 10.5. The topological polar surface area (TPSA) is 59.0 Å². The summed E-state index contributed by atoms with van der Waals surface area (Å²) in [4.78, 5) is 12.6. The van der Waals surface area contributed by atoms with E-state index in [-0.39, 0.29) is 17.7 Å². The third kappa shape index (κ3) is 3.08. The fraction of sp³-hybridized carbons (Fsp3) is 0.375. The summed E-state index contributed by atoms with van der Waals surface area (Å²) in [5.41, 5.74) is 3.07. The Labute approximate surface area is 138 Å². The molecule has 1 aliphatic heterocycles. The predicted molar refractivity (Wildman–Crippen MR) is 89.8 cm³/mol. The van der Waals surface area contributed by atoms with E-state index in [2.05, 4.69) is 31.7 Å². The molecule has 22 heavy (non-hydrogen) atoms. The molecule has 2 heterocycles. The van der Waals surface area contributed by atoms with E-state index < -0.39 is 0 Å². The largest absolute Gasteiger partial charge is 0.326 e. The third-order valence-corrected chi connectivity index (χ3v) is 5.00. The van der Waals surface area contributed by atoms with Crippen LogP contribution in [-0.4, -0.2) is 28.8 Å². The molecule has 1 aromatic heterocycles. The highest BCUT2D eigenvalue weighted by Gasteiger charge is 2.34. The number of halogens is 1. The number of carbonyl (C=O) groups excluding carboxylic acids is 1. The summed E-state index contributed by atoms with van der Waals surface area (Å²) >= 11 is 3.50. The third-order valence-electron chi connectivity index (χ3n) is 4.14. The average molecular weight is 363 g/mol. The number of rotatable bonds is 3. The van der Waals surface area contributed by atoms with Crippen LogP contribution in [0.1, 0.15) is 17.0 Å². The van der Waals surface area contributed by atoms with Gasteiger partial charge in [0.1, 0.15) is 0 Å². The summed E-state index contributed by atoms with van der Waals surface area (Å²) < 4.78 is 2.78. The minimum absolute atomic E-state index is 0.0506. The second kappa shape index (κ2) is 6.22. The molecule has 0 saturated carbocycles. The van der Waals surface area contributed by atoms with Crippen LogP contribution in [0.3, 0.4) is 0 Å². The first-order valence-electron chi connectivity index (χ1n) is 7.31. The number of anilines is 1. The van der Waals surface area contributed by atoms with Crippen molar-refractivity contribution in [3.05, 3.63) is 46.2 Å². The lowest BCUT2D eigenvalue weighted by Crippen LogP contribution is -2.28. The fourth-order valence-electron chi connectivity index (χ4n) is 2.84. The van der Waals surface area contributed by atoms with Gasteiger partial charge in [-0.25, -0.2) is 0 Å². The molecule has 3 rings (SSSR count). The molecule has 1 aromatic carbocycles. The van der Waals surface area contributed by atoms with Gasteiger partial charge in [0.05, 0.1) is 12.1 Å². The first-order chi connectivity index (χ1) is 10.5. The first-order valence-corrected chi connectivity index (χ1v) is 8.10. The molecule has 1 fully saturated rings. The summed E-state index contributed by atoms with van der Waals surface area (Å²) in [6, 6.07) is 5.86. The lowest BCUT2D eigenvalue weighted by Gasteiger charge is -2.17. The van der Waals surface area contributed by atoms with Crippen LogP contribution in [0.15, 0.2) is 35.1 Å². The van der Waals surface area contributed by atoms with E-state index >= 15 is 0 Å². The molecule has 1 amide bonds. The molecule has 1 saturated heterocycles. The Morgan fingerprint density at radius 3 is 2.95 bits per heavy atom. The van der Waals surface area contributed by atoms with Crippen molar-refractivity contribution in [3.63, 3.8) is 0 Å². The number of hydrogen-bond donors (Lipinski definition) is 2. The van der Waals surface area contributed by atoms with Crippen molar-refractivity contribution < 1.29 is 4.79 Å². The van der Waals surface area contributed by atoms with Crippen molar-refractivity contribution in [3.8, 4) is 0 Å². The van der Waals surface area contributed by atoms with Crippen LogP contribution >= 0.6 is 15.9 Å². The molecule has 0 bridgehead atoms. The molecule has 0 spiro atoms. The lowest BCUT2D eigenvalue weighted by molar-refractivity contribution is -0.119. The summed E-state index contributed by atoms with van der Waals surface area (Å²) in [5.74, 6) is 0.140. The molecule has 0 aliphatic carbocycles. The zero-order valence-electron chi connectivity index (χ0n) is 12.6. The van der Waals surface area contributed by atoms with E-state index in [4.69, 9.17) is 0 Å². The Morgan fingerprint density at radius 1 is 1.45 bits per heavy atom. The van der Waals surface area contributed by atoms with E-state index in [9.17, 15) is 4.79 Å². The van der Waals surface area contributed by atoms with Gasteiger partial charge in [-0.1, -0.05) is 22.0 Å². The molecule has 116 valence electrons. The molecule has 2 atom stereocenters. The number of carbonyl (C=O) groups is 1. The van der Waals surface area contributed by atoms with Gasteiger partial charge in [-0.3, -0.25) is 9.48 Å². The number of nitrogens with zero attached hydrogens (tertiary/aromatic N) is 2. The average Bonchev–Trinajstić information content (AvgIpc) is 3.11. The second-order valence-electron chi connectivity index (χ2n) is 5.77. The minimum atomic E-state index is -0.0794.